The monoisotopic (exact) mass is 272 g/mol. The molecule has 0 radical (unpaired) electrons. The molecule has 2 aromatic rings. The Bertz CT molecular complexity index is 612. The average Bonchev–Trinajstić information content (AvgIpc) is 2.67. The van der Waals surface area contributed by atoms with Gasteiger partial charge in [-0.3, -0.25) is 4.68 Å². The Kier molecular flexibility index (Phi) is 3.08. The highest BCUT2D eigenvalue weighted by molar-refractivity contribution is 5.62. The summed E-state index contributed by atoms with van der Waals surface area (Å²) in [7, 11) is 3.98. The predicted molar refractivity (Wildman–Crippen MR) is 79.3 cm³/mol. The van der Waals surface area contributed by atoms with E-state index < -0.39 is 0 Å². The molecule has 0 aromatic carbocycles. The van der Waals surface area contributed by atoms with E-state index in [2.05, 4.69) is 37.6 Å². The van der Waals surface area contributed by atoms with E-state index >= 15 is 0 Å². The molecule has 106 valence electrons. The fourth-order valence-electron chi connectivity index (χ4n) is 2.66. The van der Waals surface area contributed by atoms with Gasteiger partial charge in [0.2, 0.25) is 0 Å². The highest BCUT2D eigenvalue weighted by Gasteiger charge is 2.32. The molecule has 3 rings (SSSR count). The summed E-state index contributed by atoms with van der Waals surface area (Å²) in [5.41, 5.74) is 2.30. The molecule has 0 atom stereocenters. The molecular formula is C14H20N6. The number of nitrogens with zero attached hydrogens (tertiary/aromatic N) is 6. The topological polar surface area (TPSA) is 50.1 Å². The molecule has 1 aliphatic heterocycles. The van der Waals surface area contributed by atoms with Gasteiger partial charge in [0.1, 0.15) is 0 Å². The minimum Gasteiger partial charge on any atom is -0.360 e. The van der Waals surface area contributed by atoms with E-state index in [9.17, 15) is 0 Å². The highest BCUT2D eigenvalue weighted by Crippen LogP contribution is 2.31. The Balaban J connectivity index is 1.76. The standard InChI is InChI=1S/C14H20N6/c1-10-7-11(2)20(17-10)12-8-19(9-12)14-13(18(3)4)15-5-6-16-14/h5-7,12H,8-9H2,1-4H3. The second-order valence-electron chi connectivity index (χ2n) is 5.53. The third-order valence-electron chi connectivity index (χ3n) is 3.64. The third-order valence-corrected chi connectivity index (χ3v) is 3.64. The summed E-state index contributed by atoms with van der Waals surface area (Å²) in [4.78, 5) is 13.1. The number of rotatable bonds is 3. The summed E-state index contributed by atoms with van der Waals surface area (Å²) in [6, 6.07) is 2.55. The molecule has 0 spiro atoms. The largest absolute Gasteiger partial charge is 0.360 e. The number of aromatic nitrogens is 4. The molecule has 0 aliphatic carbocycles. The number of anilines is 2. The van der Waals surface area contributed by atoms with Crippen molar-refractivity contribution in [2.24, 2.45) is 0 Å². The molecule has 20 heavy (non-hydrogen) atoms. The zero-order valence-corrected chi connectivity index (χ0v) is 12.4. The van der Waals surface area contributed by atoms with Gasteiger partial charge in [0.25, 0.3) is 0 Å². The van der Waals surface area contributed by atoms with Crippen molar-refractivity contribution in [2.75, 3.05) is 37.0 Å². The van der Waals surface area contributed by atoms with Crippen LogP contribution >= 0.6 is 0 Å². The second kappa shape index (κ2) is 4.77. The van der Waals surface area contributed by atoms with E-state index in [1.165, 1.54) is 5.69 Å². The highest BCUT2D eigenvalue weighted by atomic mass is 15.4. The third kappa shape index (κ3) is 2.11. The molecule has 3 heterocycles. The first kappa shape index (κ1) is 12.9. The summed E-state index contributed by atoms with van der Waals surface area (Å²) in [5.74, 6) is 1.87. The number of hydrogen-bond acceptors (Lipinski definition) is 5. The smallest absolute Gasteiger partial charge is 0.172 e. The lowest BCUT2D eigenvalue weighted by atomic mass is 10.1. The molecule has 0 bridgehead atoms. The Morgan fingerprint density at radius 3 is 2.45 bits per heavy atom. The molecule has 0 N–H and O–H groups in total. The SMILES string of the molecule is Cc1cc(C)n(C2CN(c3nccnc3N(C)C)C2)n1. The first-order chi connectivity index (χ1) is 9.56. The molecule has 6 heteroatoms. The zero-order valence-electron chi connectivity index (χ0n) is 12.4. The summed E-state index contributed by atoms with van der Waals surface area (Å²) in [6.07, 6.45) is 3.48. The van der Waals surface area contributed by atoms with Crippen LogP contribution in [-0.2, 0) is 0 Å². The van der Waals surface area contributed by atoms with E-state index in [-0.39, 0.29) is 0 Å². The molecule has 1 fully saturated rings. The maximum absolute atomic E-state index is 4.56. The van der Waals surface area contributed by atoms with Crippen LogP contribution < -0.4 is 9.80 Å². The van der Waals surface area contributed by atoms with Gasteiger partial charge >= 0.3 is 0 Å². The number of aryl methyl sites for hydroxylation is 2. The molecule has 0 saturated carbocycles. The van der Waals surface area contributed by atoms with E-state index in [1.807, 2.05) is 25.9 Å². The van der Waals surface area contributed by atoms with Gasteiger partial charge in [-0.05, 0) is 19.9 Å². The Morgan fingerprint density at radius 2 is 1.85 bits per heavy atom. The van der Waals surface area contributed by atoms with E-state index in [0.29, 0.717) is 6.04 Å². The molecular weight excluding hydrogens is 252 g/mol. The average molecular weight is 272 g/mol. The minimum atomic E-state index is 0.431. The van der Waals surface area contributed by atoms with Gasteiger partial charge < -0.3 is 9.80 Å². The van der Waals surface area contributed by atoms with Gasteiger partial charge in [-0.15, -0.1) is 0 Å². The lowest BCUT2D eigenvalue weighted by Gasteiger charge is -2.41. The van der Waals surface area contributed by atoms with Crippen molar-refractivity contribution in [3.8, 4) is 0 Å². The van der Waals surface area contributed by atoms with Crippen molar-refractivity contribution < 1.29 is 0 Å². The lowest BCUT2D eigenvalue weighted by Crippen LogP contribution is -2.49. The summed E-state index contributed by atoms with van der Waals surface area (Å²) < 4.78 is 2.12. The van der Waals surface area contributed by atoms with Gasteiger partial charge in [0.05, 0.1) is 11.7 Å². The van der Waals surface area contributed by atoms with Crippen LogP contribution in [0.5, 0.6) is 0 Å². The minimum absolute atomic E-state index is 0.431. The van der Waals surface area contributed by atoms with Gasteiger partial charge in [-0.25, -0.2) is 9.97 Å². The molecule has 1 aliphatic rings. The van der Waals surface area contributed by atoms with Crippen LogP contribution in [0.25, 0.3) is 0 Å². The first-order valence-electron chi connectivity index (χ1n) is 6.82. The van der Waals surface area contributed by atoms with Crippen LogP contribution in [0.2, 0.25) is 0 Å². The fraction of sp³-hybridized carbons (Fsp3) is 0.500. The molecule has 0 unspecified atom stereocenters. The van der Waals surface area contributed by atoms with Crippen molar-refractivity contribution in [1.29, 1.82) is 0 Å². The van der Waals surface area contributed by atoms with Gasteiger partial charge in [-0.1, -0.05) is 0 Å². The Morgan fingerprint density at radius 1 is 1.15 bits per heavy atom. The lowest BCUT2D eigenvalue weighted by molar-refractivity contribution is 0.358. The van der Waals surface area contributed by atoms with Gasteiger partial charge in [0.15, 0.2) is 11.6 Å². The van der Waals surface area contributed by atoms with Crippen molar-refractivity contribution in [2.45, 2.75) is 19.9 Å². The molecule has 2 aromatic heterocycles. The maximum Gasteiger partial charge on any atom is 0.172 e. The van der Waals surface area contributed by atoms with Crippen molar-refractivity contribution >= 4 is 11.6 Å². The second-order valence-corrected chi connectivity index (χ2v) is 5.53. The normalized spacial score (nSPS) is 15.3. The quantitative estimate of drug-likeness (QED) is 0.845. The van der Waals surface area contributed by atoms with Crippen LogP contribution in [0.15, 0.2) is 18.5 Å². The van der Waals surface area contributed by atoms with E-state index in [1.54, 1.807) is 12.4 Å². The van der Waals surface area contributed by atoms with Crippen LogP contribution in [0.1, 0.15) is 17.4 Å². The van der Waals surface area contributed by atoms with Gasteiger partial charge in [-0.2, -0.15) is 5.10 Å². The van der Waals surface area contributed by atoms with E-state index in [4.69, 9.17) is 0 Å². The van der Waals surface area contributed by atoms with Crippen molar-refractivity contribution in [3.63, 3.8) is 0 Å². The van der Waals surface area contributed by atoms with Gasteiger partial charge in [0, 0.05) is 45.3 Å². The van der Waals surface area contributed by atoms with E-state index in [0.717, 1.165) is 30.4 Å². The first-order valence-corrected chi connectivity index (χ1v) is 6.82. The van der Waals surface area contributed by atoms with Crippen molar-refractivity contribution in [3.05, 3.63) is 29.8 Å². The summed E-state index contributed by atoms with van der Waals surface area (Å²) >= 11 is 0. The zero-order chi connectivity index (χ0) is 14.3. The maximum atomic E-state index is 4.56. The Hall–Kier alpha value is -2.11. The summed E-state index contributed by atoms with van der Waals surface area (Å²) in [6.45, 7) is 6.01. The molecule has 6 nitrogen and oxygen atoms in total. The molecule has 1 saturated heterocycles. The van der Waals surface area contributed by atoms with Crippen LogP contribution in [-0.4, -0.2) is 46.9 Å². The van der Waals surface area contributed by atoms with Crippen LogP contribution in [0, 0.1) is 13.8 Å². The fourth-order valence-corrected chi connectivity index (χ4v) is 2.66. The predicted octanol–water partition coefficient (Wildman–Crippen LogP) is 1.42. The summed E-state index contributed by atoms with van der Waals surface area (Å²) in [5, 5.41) is 4.56. The number of hydrogen-bond donors (Lipinski definition) is 0. The molecule has 0 amide bonds. The van der Waals surface area contributed by atoms with Crippen LogP contribution in [0.3, 0.4) is 0 Å². The Labute approximate surface area is 119 Å². The van der Waals surface area contributed by atoms with Crippen molar-refractivity contribution in [1.82, 2.24) is 19.7 Å². The van der Waals surface area contributed by atoms with Crippen LogP contribution in [0.4, 0.5) is 11.6 Å².